The summed E-state index contributed by atoms with van der Waals surface area (Å²) in [5.74, 6) is 1.97. The van der Waals surface area contributed by atoms with Gasteiger partial charge in [-0.2, -0.15) is 0 Å². The highest BCUT2D eigenvalue weighted by atomic mass is 16.2. The van der Waals surface area contributed by atoms with Crippen LogP contribution in [0.2, 0.25) is 0 Å². The topological polar surface area (TPSA) is 58.2 Å². The Balaban J connectivity index is 1.39. The first kappa shape index (κ1) is 20.3. The van der Waals surface area contributed by atoms with Crippen LogP contribution in [0.5, 0.6) is 0 Å². The number of hydrogen-bond acceptors (Lipinski definition) is 2. The maximum atomic E-state index is 13.5. The molecule has 4 aliphatic carbocycles. The summed E-state index contributed by atoms with van der Waals surface area (Å²) in [6.45, 7) is 2.50. The number of amides is 2. The van der Waals surface area contributed by atoms with Crippen LogP contribution in [0.4, 0.5) is 0 Å². The fourth-order valence-corrected chi connectivity index (χ4v) is 6.83. The SMILES string of the molecule is Cc1ccc(C(=O)N[C@@H](C(=O)NCc2ccccc2)C23CC4CC(CC(C4)C2)C3)cc1. The molecule has 162 valence electrons. The molecule has 2 N–H and O–H groups in total. The molecule has 2 aromatic carbocycles. The Morgan fingerprint density at radius 1 is 0.903 bits per heavy atom. The molecule has 0 heterocycles. The second-order valence-electron chi connectivity index (χ2n) is 10.3. The van der Waals surface area contributed by atoms with Crippen molar-refractivity contribution < 1.29 is 9.59 Å². The smallest absolute Gasteiger partial charge is 0.251 e. The molecule has 0 spiro atoms. The average molecular weight is 417 g/mol. The number of nitrogens with one attached hydrogen (secondary N) is 2. The molecule has 4 saturated carbocycles. The minimum Gasteiger partial charge on any atom is -0.350 e. The maximum Gasteiger partial charge on any atom is 0.251 e. The summed E-state index contributed by atoms with van der Waals surface area (Å²) in [5.41, 5.74) is 2.71. The van der Waals surface area contributed by atoms with Gasteiger partial charge in [-0.3, -0.25) is 9.59 Å². The molecule has 2 aromatic rings. The predicted octanol–water partition coefficient (Wildman–Crippen LogP) is 4.63. The van der Waals surface area contributed by atoms with Gasteiger partial charge in [0.2, 0.25) is 5.91 Å². The highest BCUT2D eigenvalue weighted by Crippen LogP contribution is 2.61. The zero-order chi connectivity index (χ0) is 21.4. The highest BCUT2D eigenvalue weighted by Gasteiger charge is 2.56. The molecule has 0 aromatic heterocycles. The Bertz CT molecular complexity index is 916. The molecule has 4 fully saturated rings. The lowest BCUT2D eigenvalue weighted by Gasteiger charge is -2.58. The van der Waals surface area contributed by atoms with Crippen molar-refractivity contribution in [1.82, 2.24) is 10.6 Å². The Morgan fingerprint density at radius 2 is 1.48 bits per heavy atom. The predicted molar refractivity (Wildman–Crippen MR) is 121 cm³/mol. The molecule has 4 nitrogen and oxygen atoms in total. The van der Waals surface area contributed by atoms with E-state index in [1.807, 2.05) is 61.5 Å². The summed E-state index contributed by atoms with van der Waals surface area (Å²) >= 11 is 0. The van der Waals surface area contributed by atoms with E-state index in [-0.39, 0.29) is 17.2 Å². The average Bonchev–Trinajstić information content (AvgIpc) is 2.76. The van der Waals surface area contributed by atoms with Gasteiger partial charge in [0.05, 0.1) is 0 Å². The molecule has 0 saturated heterocycles. The van der Waals surface area contributed by atoms with Crippen LogP contribution in [0.15, 0.2) is 54.6 Å². The largest absolute Gasteiger partial charge is 0.350 e. The van der Waals surface area contributed by atoms with Gasteiger partial charge in [0.25, 0.3) is 5.91 Å². The quantitative estimate of drug-likeness (QED) is 0.722. The number of rotatable bonds is 6. The minimum absolute atomic E-state index is 0.0359. The van der Waals surface area contributed by atoms with Gasteiger partial charge in [-0.05, 0) is 80.9 Å². The van der Waals surface area contributed by atoms with Crippen molar-refractivity contribution in [2.24, 2.45) is 23.2 Å². The summed E-state index contributed by atoms with van der Waals surface area (Å²) in [6.07, 6.45) is 7.13. The van der Waals surface area contributed by atoms with Crippen LogP contribution in [-0.4, -0.2) is 17.9 Å². The van der Waals surface area contributed by atoms with E-state index >= 15 is 0 Å². The van der Waals surface area contributed by atoms with Crippen LogP contribution in [0.3, 0.4) is 0 Å². The molecular weight excluding hydrogens is 384 g/mol. The highest BCUT2D eigenvalue weighted by molar-refractivity contribution is 5.97. The number of hydrogen-bond donors (Lipinski definition) is 2. The van der Waals surface area contributed by atoms with Gasteiger partial charge in [-0.15, -0.1) is 0 Å². The van der Waals surface area contributed by atoms with E-state index in [0.717, 1.165) is 30.4 Å². The molecular formula is C27H32N2O2. The second-order valence-corrected chi connectivity index (χ2v) is 10.3. The lowest BCUT2D eigenvalue weighted by molar-refractivity contribution is -0.134. The normalized spacial score (nSPS) is 29.4. The van der Waals surface area contributed by atoms with E-state index in [0.29, 0.717) is 29.9 Å². The Hall–Kier alpha value is -2.62. The van der Waals surface area contributed by atoms with Crippen LogP contribution >= 0.6 is 0 Å². The van der Waals surface area contributed by atoms with Crippen molar-refractivity contribution in [2.75, 3.05) is 0 Å². The molecule has 1 atom stereocenters. The summed E-state index contributed by atoms with van der Waals surface area (Å²) in [6, 6.07) is 17.1. The van der Waals surface area contributed by atoms with Gasteiger partial charge < -0.3 is 10.6 Å². The standard InChI is InChI=1S/C27H32N2O2/c1-18-7-9-23(10-8-18)25(30)29-24(26(31)28-17-19-5-3-2-4-6-19)27-14-20-11-21(15-27)13-22(12-20)16-27/h2-10,20-22,24H,11-17H2,1H3,(H,28,31)(H,29,30)/t20?,21?,22?,24-,27?/m0/s1. The summed E-state index contributed by atoms with van der Waals surface area (Å²) in [5, 5.41) is 6.33. The Morgan fingerprint density at radius 3 is 2.06 bits per heavy atom. The van der Waals surface area contributed by atoms with Gasteiger partial charge in [0, 0.05) is 17.5 Å². The molecule has 4 heteroatoms. The summed E-state index contributed by atoms with van der Waals surface area (Å²) < 4.78 is 0. The number of carbonyl (C=O) groups excluding carboxylic acids is 2. The van der Waals surface area contributed by atoms with Crippen molar-refractivity contribution in [1.29, 1.82) is 0 Å². The van der Waals surface area contributed by atoms with Crippen molar-refractivity contribution in [3.8, 4) is 0 Å². The monoisotopic (exact) mass is 416 g/mol. The van der Waals surface area contributed by atoms with Gasteiger partial charge >= 0.3 is 0 Å². The van der Waals surface area contributed by atoms with Crippen LogP contribution < -0.4 is 10.6 Å². The van der Waals surface area contributed by atoms with Crippen LogP contribution in [-0.2, 0) is 11.3 Å². The van der Waals surface area contributed by atoms with E-state index in [2.05, 4.69) is 10.6 Å². The molecule has 0 radical (unpaired) electrons. The van der Waals surface area contributed by atoms with Gasteiger partial charge in [0.1, 0.15) is 6.04 Å². The first-order chi connectivity index (χ1) is 15.0. The van der Waals surface area contributed by atoms with Crippen LogP contribution in [0.1, 0.15) is 60.0 Å². The zero-order valence-electron chi connectivity index (χ0n) is 18.3. The number of aryl methyl sites for hydroxylation is 1. The second kappa shape index (κ2) is 8.14. The fourth-order valence-electron chi connectivity index (χ4n) is 6.83. The first-order valence-corrected chi connectivity index (χ1v) is 11.7. The zero-order valence-corrected chi connectivity index (χ0v) is 18.3. The fraction of sp³-hybridized carbons (Fsp3) is 0.481. The lowest BCUT2D eigenvalue weighted by Crippen LogP contribution is -2.62. The van der Waals surface area contributed by atoms with Crippen LogP contribution in [0.25, 0.3) is 0 Å². The van der Waals surface area contributed by atoms with Crippen LogP contribution in [0, 0.1) is 30.1 Å². The molecule has 0 unspecified atom stereocenters. The van der Waals surface area contributed by atoms with E-state index < -0.39 is 6.04 Å². The molecule has 4 bridgehead atoms. The van der Waals surface area contributed by atoms with Crippen molar-refractivity contribution in [2.45, 2.75) is 58.0 Å². The molecule has 31 heavy (non-hydrogen) atoms. The maximum absolute atomic E-state index is 13.5. The molecule has 0 aliphatic heterocycles. The molecule has 6 rings (SSSR count). The summed E-state index contributed by atoms with van der Waals surface area (Å²) in [7, 11) is 0. The number of carbonyl (C=O) groups is 2. The first-order valence-electron chi connectivity index (χ1n) is 11.7. The Labute approximate surface area is 184 Å². The summed E-state index contributed by atoms with van der Waals surface area (Å²) in [4.78, 5) is 26.7. The van der Waals surface area contributed by atoms with E-state index in [1.54, 1.807) is 0 Å². The van der Waals surface area contributed by atoms with E-state index in [1.165, 1.54) is 19.3 Å². The lowest BCUT2D eigenvalue weighted by atomic mass is 9.47. The van der Waals surface area contributed by atoms with Gasteiger partial charge in [-0.1, -0.05) is 48.0 Å². The molecule has 2 amide bonds. The number of benzene rings is 2. The van der Waals surface area contributed by atoms with Gasteiger partial charge in [-0.25, -0.2) is 0 Å². The Kier molecular flexibility index (Phi) is 5.33. The van der Waals surface area contributed by atoms with E-state index in [4.69, 9.17) is 0 Å². The third-order valence-corrected chi connectivity index (χ3v) is 7.86. The third-order valence-electron chi connectivity index (χ3n) is 7.86. The third kappa shape index (κ3) is 4.13. The molecule has 4 aliphatic rings. The van der Waals surface area contributed by atoms with Crippen molar-refractivity contribution in [3.63, 3.8) is 0 Å². The van der Waals surface area contributed by atoms with Crippen molar-refractivity contribution >= 4 is 11.8 Å². The van der Waals surface area contributed by atoms with E-state index in [9.17, 15) is 9.59 Å². The minimum atomic E-state index is -0.474. The van der Waals surface area contributed by atoms with Crippen molar-refractivity contribution in [3.05, 3.63) is 71.3 Å². The van der Waals surface area contributed by atoms with Gasteiger partial charge in [0.15, 0.2) is 0 Å².